The average Bonchev–Trinajstić information content (AvgIpc) is 2.96. The van der Waals surface area contributed by atoms with Crippen LogP contribution in [0.1, 0.15) is 31.3 Å². The van der Waals surface area contributed by atoms with Crippen molar-refractivity contribution in [3.8, 4) is 0 Å². The lowest BCUT2D eigenvalue weighted by atomic mass is 10.0. The summed E-state index contributed by atoms with van der Waals surface area (Å²) < 4.78 is 1.92. The third kappa shape index (κ3) is 4.41. The summed E-state index contributed by atoms with van der Waals surface area (Å²) in [7, 11) is 5.67. The van der Waals surface area contributed by atoms with Gasteiger partial charge in [-0.05, 0) is 12.0 Å². The number of hydrogen-bond acceptors (Lipinski definition) is 5. The number of carbonyl (C=O) groups excluding carboxylic acids is 1. The monoisotopic (exact) mass is 328 g/mol. The van der Waals surface area contributed by atoms with Crippen LogP contribution in [0.5, 0.6) is 0 Å². The van der Waals surface area contributed by atoms with E-state index in [9.17, 15) is 4.79 Å². The highest BCUT2D eigenvalue weighted by Crippen LogP contribution is 2.19. The Hall–Kier alpha value is -2.70. The fraction of sp³-hybridized carbons (Fsp3) is 0.412. The number of aromatic nitrogens is 4. The molecule has 0 aromatic carbocycles. The van der Waals surface area contributed by atoms with E-state index in [1.54, 1.807) is 24.7 Å². The van der Waals surface area contributed by atoms with Gasteiger partial charge in [-0.3, -0.25) is 4.79 Å². The molecule has 7 nitrogen and oxygen atoms in total. The predicted molar refractivity (Wildman–Crippen MR) is 94.3 cm³/mol. The van der Waals surface area contributed by atoms with Crippen LogP contribution in [0.4, 0.5) is 5.95 Å². The topological polar surface area (TPSA) is 75.9 Å². The molecule has 0 aliphatic carbocycles. The van der Waals surface area contributed by atoms with Crippen molar-refractivity contribution in [3.63, 3.8) is 0 Å². The Morgan fingerprint density at radius 2 is 1.92 bits per heavy atom. The fourth-order valence-corrected chi connectivity index (χ4v) is 2.23. The summed E-state index contributed by atoms with van der Waals surface area (Å²) in [5, 5.41) is 3.00. The van der Waals surface area contributed by atoms with Gasteiger partial charge in [-0.1, -0.05) is 13.8 Å². The van der Waals surface area contributed by atoms with Gasteiger partial charge in [0.15, 0.2) is 0 Å². The molecule has 128 valence electrons. The van der Waals surface area contributed by atoms with Crippen molar-refractivity contribution in [2.45, 2.75) is 19.9 Å². The van der Waals surface area contributed by atoms with Crippen LogP contribution in [0.25, 0.3) is 6.08 Å². The smallest absolute Gasteiger partial charge is 0.244 e. The van der Waals surface area contributed by atoms with Crippen LogP contribution in [0, 0.1) is 5.92 Å². The van der Waals surface area contributed by atoms with Gasteiger partial charge in [-0.2, -0.15) is 0 Å². The number of aryl methyl sites for hydroxylation is 1. The zero-order valence-corrected chi connectivity index (χ0v) is 14.8. The van der Waals surface area contributed by atoms with Crippen LogP contribution in [0.2, 0.25) is 0 Å². The lowest BCUT2D eigenvalue weighted by molar-refractivity contribution is -0.117. The standard InChI is InChI=1S/C17H24N6O/c1-12(2)15(16-18-8-9-23(16)5)21-14(24)7-6-13-10-19-17(20-11-13)22(3)4/h6-12,15H,1-5H3,(H,21,24). The van der Waals surface area contributed by atoms with Gasteiger partial charge in [0, 0.05) is 57.6 Å². The van der Waals surface area contributed by atoms with E-state index in [4.69, 9.17) is 0 Å². The summed E-state index contributed by atoms with van der Waals surface area (Å²) in [5.74, 6) is 1.52. The van der Waals surface area contributed by atoms with Crippen molar-refractivity contribution in [3.05, 3.63) is 42.3 Å². The molecule has 2 heterocycles. The second-order valence-electron chi connectivity index (χ2n) is 6.17. The molecule has 1 N–H and O–H groups in total. The molecule has 0 saturated heterocycles. The van der Waals surface area contributed by atoms with Gasteiger partial charge in [-0.25, -0.2) is 15.0 Å². The molecule has 0 aliphatic heterocycles. The first-order chi connectivity index (χ1) is 11.4. The summed E-state index contributed by atoms with van der Waals surface area (Å²) in [6.07, 6.45) is 10.2. The molecule has 0 spiro atoms. The van der Waals surface area contributed by atoms with E-state index >= 15 is 0 Å². The first kappa shape index (κ1) is 17.7. The maximum absolute atomic E-state index is 12.2. The average molecular weight is 328 g/mol. The van der Waals surface area contributed by atoms with Gasteiger partial charge in [0.1, 0.15) is 5.82 Å². The third-order valence-electron chi connectivity index (χ3n) is 3.59. The van der Waals surface area contributed by atoms with Crippen LogP contribution in [-0.2, 0) is 11.8 Å². The predicted octanol–water partition coefficient (Wildman–Crippen LogP) is 1.80. The van der Waals surface area contributed by atoms with Crippen LogP contribution >= 0.6 is 0 Å². The number of rotatable bonds is 6. The van der Waals surface area contributed by atoms with Crippen molar-refractivity contribution in [2.75, 3.05) is 19.0 Å². The number of carbonyl (C=O) groups is 1. The second kappa shape index (κ2) is 7.72. The molecule has 0 fully saturated rings. The molecule has 0 bridgehead atoms. The number of amides is 1. The molecule has 1 atom stereocenters. The zero-order chi connectivity index (χ0) is 17.7. The zero-order valence-electron chi connectivity index (χ0n) is 14.8. The number of anilines is 1. The van der Waals surface area contributed by atoms with Crippen LogP contribution in [-0.4, -0.2) is 39.5 Å². The molecular formula is C17H24N6O. The van der Waals surface area contributed by atoms with Gasteiger partial charge in [0.05, 0.1) is 6.04 Å². The van der Waals surface area contributed by atoms with Crippen molar-refractivity contribution in [2.24, 2.45) is 13.0 Å². The Kier molecular flexibility index (Phi) is 5.68. The molecule has 24 heavy (non-hydrogen) atoms. The van der Waals surface area contributed by atoms with Gasteiger partial charge in [0.2, 0.25) is 11.9 Å². The van der Waals surface area contributed by atoms with Crippen LogP contribution in [0.15, 0.2) is 30.9 Å². The molecule has 2 rings (SSSR count). The Labute approximate surface area is 142 Å². The molecule has 1 amide bonds. The van der Waals surface area contributed by atoms with E-state index in [2.05, 4.69) is 34.1 Å². The summed E-state index contributed by atoms with van der Waals surface area (Å²) >= 11 is 0. The first-order valence-electron chi connectivity index (χ1n) is 7.83. The van der Waals surface area contributed by atoms with Crippen molar-refractivity contribution in [1.29, 1.82) is 0 Å². The van der Waals surface area contributed by atoms with Gasteiger partial charge in [0.25, 0.3) is 0 Å². The SMILES string of the molecule is CC(C)C(NC(=O)C=Cc1cnc(N(C)C)nc1)c1nccn1C. The first-order valence-corrected chi connectivity index (χ1v) is 7.83. The molecule has 0 aliphatic rings. The highest BCUT2D eigenvalue weighted by atomic mass is 16.1. The summed E-state index contributed by atoms with van der Waals surface area (Å²) in [6.45, 7) is 4.11. The minimum atomic E-state index is -0.173. The Bertz CT molecular complexity index is 702. The molecule has 2 aromatic rings. The van der Waals surface area contributed by atoms with E-state index in [1.165, 1.54) is 6.08 Å². The van der Waals surface area contributed by atoms with Crippen molar-refractivity contribution < 1.29 is 4.79 Å². The Balaban J connectivity index is 2.04. The van der Waals surface area contributed by atoms with Crippen LogP contribution in [0.3, 0.4) is 0 Å². The summed E-state index contributed by atoms with van der Waals surface area (Å²) in [4.78, 5) is 26.8. The molecule has 0 saturated carbocycles. The highest BCUT2D eigenvalue weighted by Gasteiger charge is 2.20. The summed E-state index contributed by atoms with van der Waals surface area (Å²) in [6, 6.07) is -0.144. The molecule has 2 aromatic heterocycles. The number of hydrogen-bond donors (Lipinski definition) is 1. The van der Waals surface area contributed by atoms with Crippen LogP contribution < -0.4 is 10.2 Å². The maximum atomic E-state index is 12.2. The number of nitrogens with one attached hydrogen (secondary N) is 1. The maximum Gasteiger partial charge on any atom is 0.244 e. The van der Waals surface area contributed by atoms with E-state index in [1.807, 2.05) is 36.8 Å². The van der Waals surface area contributed by atoms with Crippen molar-refractivity contribution in [1.82, 2.24) is 24.8 Å². The minimum absolute atomic E-state index is 0.144. The van der Waals surface area contributed by atoms with E-state index in [0.717, 1.165) is 11.4 Å². The van der Waals surface area contributed by atoms with Gasteiger partial charge >= 0.3 is 0 Å². The van der Waals surface area contributed by atoms with Gasteiger partial charge < -0.3 is 14.8 Å². The number of imidazole rings is 1. The quantitative estimate of drug-likeness (QED) is 0.818. The lowest BCUT2D eigenvalue weighted by Gasteiger charge is -2.21. The van der Waals surface area contributed by atoms with Gasteiger partial charge in [-0.15, -0.1) is 0 Å². The third-order valence-corrected chi connectivity index (χ3v) is 3.59. The molecule has 1 unspecified atom stereocenters. The van der Waals surface area contributed by atoms with Crippen molar-refractivity contribution >= 4 is 17.9 Å². The largest absolute Gasteiger partial charge is 0.347 e. The second-order valence-corrected chi connectivity index (χ2v) is 6.17. The van der Waals surface area contributed by atoms with E-state index < -0.39 is 0 Å². The molecular weight excluding hydrogens is 304 g/mol. The minimum Gasteiger partial charge on any atom is -0.347 e. The lowest BCUT2D eigenvalue weighted by Crippen LogP contribution is -2.32. The van der Waals surface area contributed by atoms with E-state index in [0.29, 0.717) is 5.95 Å². The fourth-order valence-electron chi connectivity index (χ4n) is 2.23. The normalized spacial score (nSPS) is 12.6. The van der Waals surface area contributed by atoms with E-state index in [-0.39, 0.29) is 17.9 Å². The molecule has 7 heteroatoms. The Morgan fingerprint density at radius 1 is 1.25 bits per heavy atom. The highest BCUT2D eigenvalue weighted by molar-refractivity contribution is 5.91. The molecule has 0 radical (unpaired) electrons. The summed E-state index contributed by atoms with van der Waals surface area (Å²) in [5.41, 5.74) is 0.772. The Morgan fingerprint density at radius 3 is 2.42 bits per heavy atom. The number of nitrogens with zero attached hydrogens (tertiary/aromatic N) is 5.